The Morgan fingerprint density at radius 2 is 1.96 bits per heavy atom. The summed E-state index contributed by atoms with van der Waals surface area (Å²) >= 11 is 0. The van der Waals surface area contributed by atoms with Gasteiger partial charge in [0.1, 0.15) is 5.65 Å². The first kappa shape index (κ1) is 28.9. The summed E-state index contributed by atoms with van der Waals surface area (Å²) in [6.07, 6.45) is 9.30. The van der Waals surface area contributed by atoms with Gasteiger partial charge in [0.25, 0.3) is 0 Å². The standard InChI is InChI=1S/C33H39N9O3/c1-18(2)17-45-33(44)38-24-7-8-25(11-24)41-30-22(13-35-32(41)43)12-34-31-28(30)27(29(39-31)23-15-36-40(5)16-23)20-6-9-26-21(10-20)14-37-42(26)19(3)4/h6,9-10,12,14-16,18-19,24-25H,7-8,11,13,17H2,1-5H3,(H,34,39)(H,35,43)(H,38,44)/t24-,25-/m1/s1. The van der Waals surface area contributed by atoms with E-state index in [1.807, 2.05) is 55.3 Å². The number of hydrogen-bond acceptors (Lipinski definition) is 6. The minimum absolute atomic E-state index is 0.0817. The van der Waals surface area contributed by atoms with Crippen molar-refractivity contribution in [2.75, 3.05) is 11.5 Å². The molecule has 2 atom stereocenters. The van der Waals surface area contributed by atoms with Crippen LogP contribution in [-0.2, 0) is 18.3 Å². The van der Waals surface area contributed by atoms with E-state index in [9.17, 15) is 9.59 Å². The number of hydrogen-bond donors (Lipinski definition) is 3. The Kier molecular flexibility index (Phi) is 7.22. The Labute approximate surface area is 261 Å². The number of ether oxygens (including phenoxy) is 1. The van der Waals surface area contributed by atoms with Gasteiger partial charge in [0.2, 0.25) is 0 Å². The van der Waals surface area contributed by atoms with Gasteiger partial charge in [-0.1, -0.05) is 19.9 Å². The third-order valence-corrected chi connectivity index (χ3v) is 8.77. The van der Waals surface area contributed by atoms with Gasteiger partial charge in [-0.15, -0.1) is 0 Å². The minimum Gasteiger partial charge on any atom is -0.449 e. The van der Waals surface area contributed by atoms with Gasteiger partial charge in [-0.3, -0.25) is 14.3 Å². The second kappa shape index (κ2) is 11.2. The molecular weight excluding hydrogens is 570 g/mol. The molecule has 0 radical (unpaired) electrons. The van der Waals surface area contributed by atoms with Gasteiger partial charge >= 0.3 is 12.1 Å². The highest BCUT2D eigenvalue weighted by Gasteiger charge is 2.39. The van der Waals surface area contributed by atoms with Crippen molar-refractivity contribution in [1.82, 2.24) is 40.2 Å². The van der Waals surface area contributed by atoms with Crippen LogP contribution in [0.2, 0.25) is 0 Å². The highest BCUT2D eigenvalue weighted by atomic mass is 16.5. The quantitative estimate of drug-likeness (QED) is 0.211. The topological polar surface area (TPSA) is 135 Å². The number of aryl methyl sites for hydroxylation is 1. The lowest BCUT2D eigenvalue weighted by Gasteiger charge is -2.35. The summed E-state index contributed by atoms with van der Waals surface area (Å²) in [5.74, 6) is 0.260. The highest BCUT2D eigenvalue weighted by molar-refractivity contribution is 6.14. The van der Waals surface area contributed by atoms with Crippen LogP contribution in [0.3, 0.4) is 0 Å². The Morgan fingerprint density at radius 3 is 2.71 bits per heavy atom. The Morgan fingerprint density at radius 1 is 1.11 bits per heavy atom. The van der Waals surface area contributed by atoms with Crippen LogP contribution in [-0.4, -0.2) is 60.3 Å². The van der Waals surface area contributed by atoms with Crippen molar-refractivity contribution in [3.63, 3.8) is 0 Å². The summed E-state index contributed by atoms with van der Waals surface area (Å²) in [4.78, 5) is 36.5. The molecule has 1 saturated carbocycles. The fraction of sp³-hybridized carbons (Fsp3) is 0.424. The van der Waals surface area contributed by atoms with Gasteiger partial charge < -0.3 is 20.4 Å². The number of pyridine rings is 1. The normalized spacial score (nSPS) is 18.3. The van der Waals surface area contributed by atoms with Gasteiger partial charge in [-0.25, -0.2) is 14.6 Å². The van der Waals surface area contributed by atoms with Gasteiger partial charge in [0, 0.05) is 66.2 Å². The lowest BCUT2D eigenvalue weighted by Crippen LogP contribution is -2.49. The summed E-state index contributed by atoms with van der Waals surface area (Å²) < 4.78 is 9.17. The van der Waals surface area contributed by atoms with Crippen LogP contribution in [0.4, 0.5) is 15.3 Å². The number of anilines is 1. The number of rotatable bonds is 7. The van der Waals surface area contributed by atoms with Crippen molar-refractivity contribution in [3.8, 4) is 22.4 Å². The molecule has 0 spiro atoms. The molecule has 3 amide bonds. The number of alkyl carbamates (subject to hydrolysis) is 1. The van der Waals surface area contributed by atoms with Crippen LogP contribution in [0.5, 0.6) is 0 Å². The lowest BCUT2D eigenvalue weighted by atomic mass is 9.96. The fourth-order valence-corrected chi connectivity index (χ4v) is 6.74. The van der Waals surface area contributed by atoms with Gasteiger partial charge in [0.05, 0.1) is 41.3 Å². The summed E-state index contributed by atoms with van der Waals surface area (Å²) in [7, 11) is 1.90. The number of H-pyrrole nitrogens is 1. The molecule has 12 nitrogen and oxygen atoms in total. The van der Waals surface area contributed by atoms with E-state index in [4.69, 9.17) is 9.72 Å². The molecule has 1 aliphatic carbocycles. The van der Waals surface area contributed by atoms with E-state index in [1.54, 1.807) is 4.68 Å². The van der Waals surface area contributed by atoms with E-state index in [0.29, 0.717) is 25.2 Å². The van der Waals surface area contributed by atoms with Crippen LogP contribution in [0.25, 0.3) is 44.3 Å². The van der Waals surface area contributed by atoms with E-state index in [-0.39, 0.29) is 30.1 Å². The number of amides is 3. The van der Waals surface area contributed by atoms with Crippen molar-refractivity contribution in [3.05, 3.63) is 48.5 Å². The maximum absolute atomic E-state index is 13.7. The molecule has 3 N–H and O–H groups in total. The number of carbonyl (C=O) groups is 2. The Balaban J connectivity index is 1.35. The smallest absolute Gasteiger partial charge is 0.407 e. The van der Waals surface area contributed by atoms with Gasteiger partial charge in [-0.2, -0.15) is 10.2 Å². The number of carbonyl (C=O) groups excluding carboxylic acids is 2. The molecule has 1 aromatic carbocycles. The van der Waals surface area contributed by atoms with Crippen molar-refractivity contribution < 1.29 is 14.3 Å². The maximum atomic E-state index is 13.7. The maximum Gasteiger partial charge on any atom is 0.407 e. The molecular formula is C33H39N9O3. The first-order chi connectivity index (χ1) is 21.7. The Hall–Kier alpha value is -4.87. The van der Waals surface area contributed by atoms with Gasteiger partial charge in [0.15, 0.2) is 0 Å². The first-order valence-electron chi connectivity index (χ1n) is 15.7. The van der Waals surface area contributed by atoms with Crippen LogP contribution >= 0.6 is 0 Å². The molecule has 2 aliphatic rings. The molecule has 5 aromatic rings. The molecule has 1 aliphatic heterocycles. The summed E-state index contributed by atoms with van der Waals surface area (Å²) in [6, 6.07) is 6.29. The average Bonchev–Trinajstić information content (AvgIpc) is 3.81. The zero-order valence-corrected chi connectivity index (χ0v) is 26.3. The van der Waals surface area contributed by atoms with Crippen molar-refractivity contribution in [2.24, 2.45) is 13.0 Å². The lowest BCUT2D eigenvalue weighted by molar-refractivity contribution is 0.129. The number of nitrogens with one attached hydrogen (secondary N) is 3. The second-order valence-corrected chi connectivity index (χ2v) is 12.9. The monoisotopic (exact) mass is 609 g/mol. The number of fused-ring (bicyclic) bond motifs is 4. The first-order valence-corrected chi connectivity index (χ1v) is 15.7. The van der Waals surface area contributed by atoms with E-state index < -0.39 is 6.09 Å². The molecule has 5 heterocycles. The zero-order valence-electron chi connectivity index (χ0n) is 26.3. The third kappa shape index (κ3) is 5.17. The van der Waals surface area contributed by atoms with Gasteiger partial charge in [-0.05, 0) is 56.7 Å². The number of nitrogens with zero attached hydrogens (tertiary/aromatic N) is 6. The SMILES string of the molecule is CC(C)COC(=O)N[C@@H]1CC[C@@H](N2C(=O)NCc3cnc4[nH]c(-c5cnn(C)c5)c(-c5ccc6c(cnn6C(C)C)c5)c4c32)C1. The fourth-order valence-electron chi connectivity index (χ4n) is 6.74. The Bertz CT molecular complexity index is 1920. The van der Waals surface area contributed by atoms with Crippen LogP contribution in [0, 0.1) is 5.92 Å². The van der Waals surface area contributed by atoms with Crippen molar-refractivity contribution in [1.29, 1.82) is 0 Å². The molecule has 45 heavy (non-hydrogen) atoms. The van der Waals surface area contributed by atoms with Crippen molar-refractivity contribution in [2.45, 2.75) is 71.6 Å². The molecule has 12 heteroatoms. The number of aromatic amines is 1. The molecule has 4 aromatic heterocycles. The summed E-state index contributed by atoms with van der Waals surface area (Å²) in [5.41, 5.74) is 7.34. The largest absolute Gasteiger partial charge is 0.449 e. The summed E-state index contributed by atoms with van der Waals surface area (Å²) in [6.45, 7) is 9.01. The number of aromatic nitrogens is 6. The summed E-state index contributed by atoms with van der Waals surface area (Å²) in [5, 5.41) is 17.1. The third-order valence-electron chi connectivity index (χ3n) is 8.77. The molecule has 0 bridgehead atoms. The molecule has 0 unspecified atom stereocenters. The second-order valence-electron chi connectivity index (χ2n) is 12.9. The predicted molar refractivity (Wildman–Crippen MR) is 173 cm³/mol. The highest BCUT2D eigenvalue weighted by Crippen LogP contribution is 2.46. The van der Waals surface area contributed by atoms with E-state index in [1.165, 1.54) is 0 Å². The van der Waals surface area contributed by atoms with E-state index in [0.717, 1.165) is 62.8 Å². The van der Waals surface area contributed by atoms with E-state index in [2.05, 4.69) is 57.9 Å². The molecule has 234 valence electrons. The van der Waals surface area contributed by atoms with Crippen LogP contribution < -0.4 is 15.5 Å². The predicted octanol–water partition coefficient (Wildman–Crippen LogP) is 5.89. The number of benzene rings is 1. The zero-order chi connectivity index (χ0) is 31.4. The molecule has 0 saturated heterocycles. The van der Waals surface area contributed by atoms with Crippen LogP contribution in [0.1, 0.15) is 58.6 Å². The van der Waals surface area contributed by atoms with Crippen LogP contribution in [0.15, 0.2) is 43.0 Å². The molecule has 1 fully saturated rings. The minimum atomic E-state index is -0.408. The van der Waals surface area contributed by atoms with E-state index >= 15 is 0 Å². The molecule has 7 rings (SSSR count). The number of urea groups is 1. The average molecular weight is 610 g/mol. The van der Waals surface area contributed by atoms with Crippen molar-refractivity contribution >= 4 is 39.7 Å².